The highest BCUT2D eigenvalue weighted by molar-refractivity contribution is 9.10. The van der Waals surface area contributed by atoms with Crippen molar-refractivity contribution in [2.24, 2.45) is 0 Å². The van der Waals surface area contributed by atoms with Gasteiger partial charge in [0.15, 0.2) is 0 Å². The van der Waals surface area contributed by atoms with Crippen LogP contribution >= 0.6 is 15.9 Å². The molecule has 0 spiro atoms. The number of halogens is 2. The fraction of sp³-hybridized carbons (Fsp3) is 0.167. The number of hydrogen-bond donors (Lipinski definition) is 0. The standard InChI is InChI=1S/C12H10BrFN2O/c1-7-8(2)16-12(6-15-7)17-11-4-3-9(14)5-10(11)13/h3-6H,1-2H3. The molecule has 0 fully saturated rings. The van der Waals surface area contributed by atoms with E-state index in [9.17, 15) is 4.39 Å². The van der Waals surface area contributed by atoms with E-state index in [1.165, 1.54) is 24.4 Å². The van der Waals surface area contributed by atoms with Crippen molar-refractivity contribution >= 4 is 15.9 Å². The highest BCUT2D eigenvalue weighted by atomic mass is 79.9. The van der Waals surface area contributed by atoms with Crippen molar-refractivity contribution in [2.75, 3.05) is 0 Å². The van der Waals surface area contributed by atoms with Crippen LogP contribution < -0.4 is 4.74 Å². The molecule has 0 saturated carbocycles. The van der Waals surface area contributed by atoms with Crippen molar-refractivity contribution in [3.8, 4) is 11.6 Å². The van der Waals surface area contributed by atoms with E-state index in [1.54, 1.807) is 0 Å². The van der Waals surface area contributed by atoms with Gasteiger partial charge in [-0.3, -0.25) is 4.98 Å². The first kappa shape index (κ1) is 12.0. The summed E-state index contributed by atoms with van der Waals surface area (Å²) in [5, 5.41) is 0. The quantitative estimate of drug-likeness (QED) is 0.846. The molecule has 0 atom stereocenters. The predicted octanol–water partition coefficient (Wildman–Crippen LogP) is 3.79. The van der Waals surface area contributed by atoms with Gasteiger partial charge in [-0.15, -0.1) is 0 Å². The van der Waals surface area contributed by atoms with Crippen molar-refractivity contribution < 1.29 is 9.13 Å². The second kappa shape index (κ2) is 4.79. The van der Waals surface area contributed by atoms with E-state index in [0.29, 0.717) is 16.1 Å². The van der Waals surface area contributed by atoms with Gasteiger partial charge < -0.3 is 4.74 Å². The summed E-state index contributed by atoms with van der Waals surface area (Å²) in [6.45, 7) is 3.73. The van der Waals surface area contributed by atoms with Crippen LogP contribution in [0.5, 0.6) is 11.6 Å². The zero-order valence-electron chi connectivity index (χ0n) is 9.37. The molecular formula is C12H10BrFN2O. The van der Waals surface area contributed by atoms with E-state index in [-0.39, 0.29) is 5.82 Å². The SMILES string of the molecule is Cc1ncc(Oc2ccc(F)cc2Br)nc1C. The molecule has 88 valence electrons. The van der Waals surface area contributed by atoms with Crippen LogP contribution in [0.4, 0.5) is 4.39 Å². The van der Waals surface area contributed by atoms with Crippen LogP contribution in [0.1, 0.15) is 11.4 Å². The lowest BCUT2D eigenvalue weighted by Gasteiger charge is -2.07. The normalized spacial score (nSPS) is 10.4. The Balaban J connectivity index is 2.28. The highest BCUT2D eigenvalue weighted by Crippen LogP contribution is 2.29. The van der Waals surface area contributed by atoms with Gasteiger partial charge in [0.05, 0.1) is 22.1 Å². The Morgan fingerprint density at radius 1 is 1.24 bits per heavy atom. The van der Waals surface area contributed by atoms with Crippen molar-refractivity contribution in [2.45, 2.75) is 13.8 Å². The van der Waals surface area contributed by atoms with Gasteiger partial charge in [0.1, 0.15) is 11.6 Å². The van der Waals surface area contributed by atoms with E-state index in [1.807, 2.05) is 13.8 Å². The van der Waals surface area contributed by atoms with Gasteiger partial charge in [-0.2, -0.15) is 0 Å². The fourth-order valence-corrected chi connectivity index (χ4v) is 1.67. The second-order valence-corrected chi connectivity index (χ2v) is 4.41. The van der Waals surface area contributed by atoms with Crippen LogP contribution in [0, 0.1) is 19.7 Å². The molecule has 1 aromatic carbocycles. The minimum absolute atomic E-state index is 0.324. The van der Waals surface area contributed by atoms with Crippen molar-refractivity contribution in [1.82, 2.24) is 9.97 Å². The first-order valence-electron chi connectivity index (χ1n) is 4.99. The number of hydrogen-bond acceptors (Lipinski definition) is 3. The molecule has 3 nitrogen and oxygen atoms in total. The molecule has 1 aromatic heterocycles. The summed E-state index contributed by atoms with van der Waals surface area (Å²) < 4.78 is 18.9. The summed E-state index contributed by atoms with van der Waals surface area (Å²) in [6, 6.07) is 4.20. The van der Waals surface area contributed by atoms with Gasteiger partial charge in [-0.05, 0) is 48.0 Å². The van der Waals surface area contributed by atoms with Crippen molar-refractivity contribution in [1.29, 1.82) is 0 Å². The molecule has 5 heteroatoms. The van der Waals surface area contributed by atoms with E-state index in [4.69, 9.17) is 4.74 Å². The number of ether oxygens (including phenoxy) is 1. The third-order valence-electron chi connectivity index (χ3n) is 2.28. The van der Waals surface area contributed by atoms with E-state index in [0.717, 1.165) is 11.4 Å². The lowest BCUT2D eigenvalue weighted by atomic mass is 10.3. The fourth-order valence-electron chi connectivity index (χ4n) is 1.24. The Morgan fingerprint density at radius 2 is 2.00 bits per heavy atom. The molecule has 0 bridgehead atoms. The maximum atomic E-state index is 12.9. The topological polar surface area (TPSA) is 35.0 Å². The molecule has 1 heterocycles. The maximum Gasteiger partial charge on any atom is 0.238 e. The van der Waals surface area contributed by atoms with Crippen LogP contribution in [0.3, 0.4) is 0 Å². The van der Waals surface area contributed by atoms with Crippen LogP contribution in [0.25, 0.3) is 0 Å². The first-order chi connectivity index (χ1) is 8.06. The number of aryl methyl sites for hydroxylation is 2. The van der Waals surface area contributed by atoms with Gasteiger partial charge in [0.25, 0.3) is 0 Å². The summed E-state index contributed by atoms with van der Waals surface area (Å²) in [4.78, 5) is 8.38. The molecule has 0 amide bonds. The highest BCUT2D eigenvalue weighted by Gasteiger charge is 2.06. The Labute approximate surface area is 107 Å². The molecule has 0 radical (unpaired) electrons. The average Bonchev–Trinajstić information content (AvgIpc) is 2.27. The lowest BCUT2D eigenvalue weighted by molar-refractivity contribution is 0.453. The zero-order chi connectivity index (χ0) is 12.4. The molecule has 0 unspecified atom stereocenters. The molecule has 17 heavy (non-hydrogen) atoms. The Bertz CT molecular complexity index is 560. The maximum absolute atomic E-state index is 12.9. The van der Waals surface area contributed by atoms with E-state index >= 15 is 0 Å². The molecule has 2 rings (SSSR count). The number of aromatic nitrogens is 2. The summed E-state index contributed by atoms with van der Waals surface area (Å²) in [5.74, 6) is 0.569. The molecular weight excluding hydrogens is 287 g/mol. The number of nitrogens with zero attached hydrogens (tertiary/aromatic N) is 2. The Hall–Kier alpha value is -1.49. The molecule has 0 aliphatic rings. The zero-order valence-corrected chi connectivity index (χ0v) is 11.0. The molecule has 0 aliphatic heterocycles. The van der Waals surface area contributed by atoms with E-state index < -0.39 is 0 Å². The smallest absolute Gasteiger partial charge is 0.238 e. The second-order valence-electron chi connectivity index (χ2n) is 3.56. The summed E-state index contributed by atoms with van der Waals surface area (Å²) >= 11 is 3.22. The molecule has 0 aliphatic carbocycles. The van der Waals surface area contributed by atoms with Gasteiger partial charge in [0, 0.05) is 0 Å². The summed E-state index contributed by atoms with van der Waals surface area (Å²) in [5.41, 5.74) is 1.66. The summed E-state index contributed by atoms with van der Waals surface area (Å²) in [6.07, 6.45) is 1.54. The Morgan fingerprint density at radius 3 is 2.65 bits per heavy atom. The van der Waals surface area contributed by atoms with Gasteiger partial charge in [-0.25, -0.2) is 9.37 Å². The monoisotopic (exact) mass is 296 g/mol. The third-order valence-corrected chi connectivity index (χ3v) is 2.90. The summed E-state index contributed by atoms with van der Waals surface area (Å²) in [7, 11) is 0. The molecule has 0 N–H and O–H groups in total. The average molecular weight is 297 g/mol. The van der Waals surface area contributed by atoms with Crippen LogP contribution in [-0.2, 0) is 0 Å². The lowest BCUT2D eigenvalue weighted by Crippen LogP contribution is -1.95. The van der Waals surface area contributed by atoms with Crippen LogP contribution in [0.2, 0.25) is 0 Å². The number of rotatable bonds is 2. The minimum atomic E-state index is -0.324. The van der Waals surface area contributed by atoms with Gasteiger partial charge in [-0.1, -0.05) is 0 Å². The Kier molecular flexibility index (Phi) is 3.38. The minimum Gasteiger partial charge on any atom is -0.436 e. The van der Waals surface area contributed by atoms with Crippen LogP contribution in [-0.4, -0.2) is 9.97 Å². The van der Waals surface area contributed by atoms with Gasteiger partial charge in [0.2, 0.25) is 5.88 Å². The van der Waals surface area contributed by atoms with Crippen LogP contribution in [0.15, 0.2) is 28.9 Å². The molecule has 2 aromatic rings. The predicted molar refractivity (Wildman–Crippen MR) is 65.7 cm³/mol. The number of benzene rings is 1. The van der Waals surface area contributed by atoms with E-state index in [2.05, 4.69) is 25.9 Å². The first-order valence-corrected chi connectivity index (χ1v) is 5.78. The largest absolute Gasteiger partial charge is 0.436 e. The molecule has 0 saturated heterocycles. The third kappa shape index (κ3) is 2.79. The van der Waals surface area contributed by atoms with Crippen molar-refractivity contribution in [3.63, 3.8) is 0 Å². The van der Waals surface area contributed by atoms with Gasteiger partial charge >= 0.3 is 0 Å². The van der Waals surface area contributed by atoms with Crippen molar-refractivity contribution in [3.05, 3.63) is 46.1 Å².